The van der Waals surface area contributed by atoms with Crippen molar-refractivity contribution in [3.8, 4) is 0 Å². The highest BCUT2D eigenvalue weighted by atomic mass is 79.9. The first-order chi connectivity index (χ1) is 9.65. The quantitative estimate of drug-likeness (QED) is 0.832. The van der Waals surface area contributed by atoms with Crippen LogP contribution >= 0.6 is 27.3 Å². The monoisotopic (exact) mass is 349 g/mol. The van der Waals surface area contributed by atoms with Crippen molar-refractivity contribution in [2.24, 2.45) is 0 Å². The Kier molecular flexibility index (Phi) is 3.72. The van der Waals surface area contributed by atoms with Crippen molar-refractivity contribution >= 4 is 44.6 Å². The molecule has 2 aromatic rings. The molecule has 20 heavy (non-hydrogen) atoms. The zero-order valence-corrected chi connectivity index (χ0v) is 13.0. The molecule has 0 radical (unpaired) electrons. The second kappa shape index (κ2) is 5.50. The topological polar surface area (TPSA) is 46.2 Å². The fourth-order valence-electron chi connectivity index (χ4n) is 2.30. The second-order valence-corrected chi connectivity index (χ2v) is 6.47. The molecule has 3 nitrogen and oxygen atoms in total. The standard InChI is InChI=1S/C15H12BrNO2S/c16-11-6-7-20-15(11)14(19)10-4-5-12-9(8-10)2-1-3-13(18)17-12/h4-8H,1-3H2,(H,17,18). The number of aryl methyl sites for hydroxylation is 1. The van der Waals surface area contributed by atoms with Gasteiger partial charge in [0, 0.05) is 22.1 Å². The number of ketones is 1. The lowest BCUT2D eigenvalue weighted by molar-refractivity contribution is -0.116. The first-order valence-corrected chi connectivity index (χ1v) is 8.03. The van der Waals surface area contributed by atoms with Crippen molar-refractivity contribution in [3.63, 3.8) is 0 Å². The average molecular weight is 350 g/mol. The third-order valence-corrected chi connectivity index (χ3v) is 5.15. The van der Waals surface area contributed by atoms with E-state index in [1.165, 1.54) is 11.3 Å². The van der Waals surface area contributed by atoms with Crippen molar-refractivity contribution in [2.75, 3.05) is 5.32 Å². The van der Waals surface area contributed by atoms with E-state index in [4.69, 9.17) is 0 Å². The first-order valence-electron chi connectivity index (χ1n) is 6.35. The van der Waals surface area contributed by atoms with Crippen molar-refractivity contribution in [3.05, 3.63) is 50.1 Å². The Balaban J connectivity index is 1.96. The van der Waals surface area contributed by atoms with Crippen LogP contribution in [-0.2, 0) is 11.2 Å². The van der Waals surface area contributed by atoms with Crippen LogP contribution in [0.25, 0.3) is 0 Å². The highest BCUT2D eigenvalue weighted by Crippen LogP contribution is 2.28. The van der Waals surface area contributed by atoms with Gasteiger partial charge < -0.3 is 5.32 Å². The minimum atomic E-state index is 0.0187. The van der Waals surface area contributed by atoms with Crippen molar-refractivity contribution in [2.45, 2.75) is 19.3 Å². The van der Waals surface area contributed by atoms with E-state index in [1.807, 2.05) is 23.6 Å². The van der Waals surface area contributed by atoms with Crippen LogP contribution < -0.4 is 5.32 Å². The summed E-state index contributed by atoms with van der Waals surface area (Å²) in [5.74, 6) is 0.0640. The smallest absolute Gasteiger partial charge is 0.224 e. The molecule has 0 fully saturated rings. The normalized spacial score (nSPS) is 14.3. The summed E-state index contributed by atoms with van der Waals surface area (Å²) in [6, 6.07) is 7.38. The molecule has 1 aliphatic heterocycles. The zero-order valence-electron chi connectivity index (χ0n) is 10.6. The van der Waals surface area contributed by atoms with Crippen LogP contribution in [0.3, 0.4) is 0 Å². The molecule has 2 heterocycles. The number of nitrogens with one attached hydrogen (secondary N) is 1. The van der Waals surface area contributed by atoms with Crippen molar-refractivity contribution < 1.29 is 9.59 Å². The fourth-order valence-corrected chi connectivity index (χ4v) is 3.82. The van der Waals surface area contributed by atoms with Crippen LogP contribution in [0, 0.1) is 0 Å². The predicted molar refractivity (Wildman–Crippen MR) is 83.5 cm³/mol. The molecule has 1 N–H and O–H groups in total. The van der Waals surface area contributed by atoms with E-state index in [0.717, 1.165) is 28.6 Å². The third kappa shape index (κ3) is 2.55. The maximum Gasteiger partial charge on any atom is 0.224 e. The number of rotatable bonds is 2. The van der Waals surface area contributed by atoms with E-state index in [1.54, 1.807) is 6.07 Å². The van der Waals surface area contributed by atoms with Gasteiger partial charge >= 0.3 is 0 Å². The van der Waals surface area contributed by atoms with Crippen LogP contribution in [-0.4, -0.2) is 11.7 Å². The van der Waals surface area contributed by atoms with Crippen molar-refractivity contribution in [1.82, 2.24) is 0 Å². The third-order valence-electron chi connectivity index (χ3n) is 3.31. The summed E-state index contributed by atoms with van der Waals surface area (Å²) in [6.07, 6.45) is 2.18. The number of halogens is 1. The number of fused-ring (bicyclic) bond motifs is 1. The van der Waals surface area contributed by atoms with Crippen molar-refractivity contribution in [1.29, 1.82) is 0 Å². The first kappa shape index (κ1) is 13.5. The molecule has 3 rings (SSSR count). The van der Waals surface area contributed by atoms with Gasteiger partial charge in [0.1, 0.15) is 0 Å². The van der Waals surface area contributed by atoms with Crippen LogP contribution in [0.2, 0.25) is 0 Å². The lowest BCUT2D eigenvalue weighted by Crippen LogP contribution is -2.09. The molecule has 0 aliphatic carbocycles. The molecule has 1 aromatic heterocycles. The van der Waals surface area contributed by atoms with Gasteiger partial charge in [0.25, 0.3) is 0 Å². The number of amides is 1. The summed E-state index contributed by atoms with van der Waals surface area (Å²) in [5, 5.41) is 4.77. The Bertz CT molecular complexity index is 693. The van der Waals surface area contributed by atoms with Crippen LogP contribution in [0.1, 0.15) is 33.6 Å². The molecule has 1 aromatic carbocycles. The Labute approximate surface area is 129 Å². The molecule has 0 bridgehead atoms. The Hall–Kier alpha value is -1.46. The maximum absolute atomic E-state index is 12.5. The van der Waals surface area contributed by atoms with Gasteiger partial charge in [0.2, 0.25) is 11.7 Å². The van der Waals surface area contributed by atoms with E-state index in [-0.39, 0.29) is 11.7 Å². The van der Waals surface area contributed by atoms with Gasteiger partial charge in [0.15, 0.2) is 0 Å². The zero-order chi connectivity index (χ0) is 14.1. The van der Waals surface area contributed by atoms with Gasteiger partial charge in [0.05, 0.1) is 4.88 Å². The number of carbonyl (C=O) groups excluding carboxylic acids is 2. The van der Waals surface area contributed by atoms with E-state index in [2.05, 4.69) is 21.2 Å². The van der Waals surface area contributed by atoms with E-state index < -0.39 is 0 Å². The minimum absolute atomic E-state index is 0.0187. The highest BCUT2D eigenvalue weighted by molar-refractivity contribution is 9.10. The molecule has 1 amide bonds. The lowest BCUT2D eigenvalue weighted by Gasteiger charge is -2.08. The van der Waals surface area contributed by atoms with Gasteiger partial charge in [-0.2, -0.15) is 0 Å². The summed E-state index contributed by atoms with van der Waals surface area (Å²) in [7, 11) is 0. The van der Waals surface area contributed by atoms with Crippen LogP contribution in [0.4, 0.5) is 5.69 Å². The van der Waals surface area contributed by atoms with Gasteiger partial charge in [-0.3, -0.25) is 9.59 Å². The number of anilines is 1. The van der Waals surface area contributed by atoms with Crippen LogP contribution in [0.5, 0.6) is 0 Å². The highest BCUT2D eigenvalue weighted by Gasteiger charge is 2.18. The molecule has 0 spiro atoms. The number of thiophene rings is 1. The molecule has 102 valence electrons. The molecule has 5 heteroatoms. The number of hydrogen-bond donors (Lipinski definition) is 1. The molecular weight excluding hydrogens is 338 g/mol. The molecule has 0 saturated heterocycles. The average Bonchev–Trinajstić information content (AvgIpc) is 2.76. The number of benzene rings is 1. The maximum atomic E-state index is 12.5. The predicted octanol–water partition coefficient (Wildman–Crippen LogP) is 4.02. The largest absolute Gasteiger partial charge is 0.326 e. The SMILES string of the molecule is O=C1CCCc2cc(C(=O)c3sccc3Br)ccc2N1. The van der Waals surface area contributed by atoms with Gasteiger partial charge in [-0.1, -0.05) is 0 Å². The van der Waals surface area contributed by atoms with Gasteiger partial charge in [-0.25, -0.2) is 0 Å². The molecule has 0 saturated carbocycles. The molecular formula is C15H12BrNO2S. The van der Waals surface area contributed by atoms with E-state index in [9.17, 15) is 9.59 Å². The summed E-state index contributed by atoms with van der Waals surface area (Å²) >= 11 is 4.82. The minimum Gasteiger partial charge on any atom is -0.326 e. The number of hydrogen-bond acceptors (Lipinski definition) is 3. The van der Waals surface area contributed by atoms with Gasteiger partial charge in [-0.05, 0) is 64.0 Å². The van der Waals surface area contributed by atoms with Crippen LogP contribution in [0.15, 0.2) is 34.1 Å². The lowest BCUT2D eigenvalue weighted by atomic mass is 10.0. The van der Waals surface area contributed by atoms with E-state index >= 15 is 0 Å². The Morgan fingerprint density at radius 3 is 2.85 bits per heavy atom. The van der Waals surface area contributed by atoms with Gasteiger partial charge in [-0.15, -0.1) is 11.3 Å². The molecule has 0 atom stereocenters. The summed E-state index contributed by atoms with van der Waals surface area (Å²) in [6.45, 7) is 0. The van der Waals surface area contributed by atoms with E-state index in [0.29, 0.717) is 16.9 Å². The summed E-state index contributed by atoms with van der Waals surface area (Å²) in [5.41, 5.74) is 2.53. The molecule has 0 unspecified atom stereocenters. The molecule has 1 aliphatic rings. The fraction of sp³-hybridized carbons (Fsp3) is 0.200. The summed E-state index contributed by atoms with van der Waals surface area (Å²) < 4.78 is 0.829. The number of carbonyl (C=O) groups is 2. The Morgan fingerprint density at radius 1 is 1.25 bits per heavy atom. The Morgan fingerprint density at radius 2 is 2.10 bits per heavy atom. The second-order valence-electron chi connectivity index (χ2n) is 4.70. The summed E-state index contributed by atoms with van der Waals surface area (Å²) in [4.78, 5) is 24.7.